The fourth-order valence-corrected chi connectivity index (χ4v) is 4.99. The first-order valence-corrected chi connectivity index (χ1v) is 11.6. The van der Waals surface area contributed by atoms with Gasteiger partial charge in [-0.2, -0.15) is 10.5 Å². The maximum Gasteiger partial charge on any atom is 0.290 e. The van der Waals surface area contributed by atoms with Gasteiger partial charge in [0.25, 0.3) is 5.91 Å². The summed E-state index contributed by atoms with van der Waals surface area (Å²) in [6.45, 7) is 4.85. The van der Waals surface area contributed by atoms with E-state index in [0.717, 1.165) is 61.8 Å². The summed E-state index contributed by atoms with van der Waals surface area (Å²) in [4.78, 5) is 17.0. The minimum absolute atomic E-state index is 0.200. The minimum atomic E-state index is -0.456. The Kier molecular flexibility index (Phi) is 6.07. The molecule has 3 aliphatic rings. The van der Waals surface area contributed by atoms with Crippen molar-refractivity contribution in [2.24, 2.45) is 10.4 Å². The fourth-order valence-electron chi connectivity index (χ4n) is 4.99. The van der Waals surface area contributed by atoms with Crippen LogP contribution in [0.4, 0.5) is 5.69 Å². The van der Waals surface area contributed by atoms with Crippen molar-refractivity contribution in [2.75, 3.05) is 11.9 Å². The number of carbonyl (C=O) groups excluding carboxylic acids is 1. The van der Waals surface area contributed by atoms with Gasteiger partial charge in [0.1, 0.15) is 6.04 Å². The Morgan fingerprint density at radius 2 is 1.97 bits per heavy atom. The van der Waals surface area contributed by atoms with E-state index in [2.05, 4.69) is 53.8 Å². The van der Waals surface area contributed by atoms with Gasteiger partial charge in [0.15, 0.2) is 5.84 Å². The predicted molar refractivity (Wildman–Crippen MR) is 126 cm³/mol. The van der Waals surface area contributed by atoms with Gasteiger partial charge in [-0.1, -0.05) is 45.3 Å². The molecule has 2 aliphatic carbocycles. The molecule has 4 rings (SSSR count). The lowest BCUT2D eigenvalue weighted by atomic mass is 9.69. The number of nitrogens with one attached hydrogen (secondary N) is 2. The molecule has 0 bridgehead atoms. The highest BCUT2D eigenvalue weighted by molar-refractivity contribution is 6.42. The number of hydrogen-bond donors (Lipinski definition) is 2. The number of amidine groups is 1. The summed E-state index contributed by atoms with van der Waals surface area (Å²) in [5.74, 6) is -0.132. The molecule has 1 saturated carbocycles. The van der Waals surface area contributed by atoms with Gasteiger partial charge in [-0.25, -0.2) is 0 Å². The lowest BCUT2D eigenvalue weighted by molar-refractivity contribution is -0.110. The van der Waals surface area contributed by atoms with Gasteiger partial charge in [-0.3, -0.25) is 9.79 Å². The Morgan fingerprint density at radius 1 is 1.19 bits per heavy atom. The van der Waals surface area contributed by atoms with Crippen LogP contribution in [0, 0.1) is 28.1 Å². The molecule has 1 atom stereocenters. The molecular formula is C26H31N5O. The second-order valence-electron chi connectivity index (χ2n) is 10.1. The van der Waals surface area contributed by atoms with Crippen LogP contribution >= 0.6 is 0 Å². The van der Waals surface area contributed by atoms with Crippen molar-refractivity contribution >= 4 is 23.0 Å². The SMILES string of the molecule is CC1(C)CC=C(c2cc(C3(C#N)CCCCC3)ccc2NC(=O)C2=NCC(C#N)N2)CC1. The Balaban J connectivity index is 1.68. The number of aliphatic imine (C=N–C) groups is 1. The quantitative estimate of drug-likeness (QED) is 0.715. The van der Waals surface area contributed by atoms with Gasteiger partial charge in [-0.15, -0.1) is 0 Å². The molecule has 166 valence electrons. The predicted octanol–water partition coefficient (Wildman–Crippen LogP) is 4.84. The average molecular weight is 430 g/mol. The van der Waals surface area contributed by atoms with Crippen LogP contribution in [0.2, 0.25) is 0 Å². The van der Waals surface area contributed by atoms with Gasteiger partial charge in [-0.05, 0) is 60.8 Å². The molecule has 32 heavy (non-hydrogen) atoms. The maximum atomic E-state index is 12.8. The van der Waals surface area contributed by atoms with Gasteiger partial charge < -0.3 is 10.6 Å². The van der Waals surface area contributed by atoms with Crippen LogP contribution in [0.25, 0.3) is 5.57 Å². The van der Waals surface area contributed by atoms with Crippen molar-refractivity contribution in [2.45, 2.75) is 76.7 Å². The Hall–Kier alpha value is -3.12. The molecule has 1 fully saturated rings. The molecule has 1 aromatic carbocycles. The normalized spacial score (nSPS) is 23.7. The Morgan fingerprint density at radius 3 is 2.59 bits per heavy atom. The zero-order chi connectivity index (χ0) is 22.8. The molecule has 6 heteroatoms. The zero-order valence-electron chi connectivity index (χ0n) is 19.0. The van der Waals surface area contributed by atoms with Crippen LogP contribution in [0.15, 0.2) is 29.3 Å². The first-order chi connectivity index (χ1) is 15.4. The first-order valence-electron chi connectivity index (χ1n) is 11.6. The van der Waals surface area contributed by atoms with Gasteiger partial charge in [0, 0.05) is 11.3 Å². The number of carbonyl (C=O) groups is 1. The number of rotatable bonds is 4. The van der Waals surface area contributed by atoms with Crippen molar-refractivity contribution in [1.29, 1.82) is 10.5 Å². The van der Waals surface area contributed by atoms with Crippen LogP contribution in [-0.4, -0.2) is 24.3 Å². The number of benzene rings is 1. The van der Waals surface area contributed by atoms with Crippen molar-refractivity contribution < 1.29 is 4.79 Å². The lowest BCUT2D eigenvalue weighted by Gasteiger charge is -2.33. The highest BCUT2D eigenvalue weighted by Gasteiger charge is 2.35. The van der Waals surface area contributed by atoms with Crippen LogP contribution < -0.4 is 10.6 Å². The average Bonchev–Trinajstić information content (AvgIpc) is 3.29. The first kappa shape index (κ1) is 22.1. The van der Waals surface area contributed by atoms with Crippen LogP contribution in [0.3, 0.4) is 0 Å². The second-order valence-corrected chi connectivity index (χ2v) is 10.1. The zero-order valence-corrected chi connectivity index (χ0v) is 19.0. The number of nitrogens with zero attached hydrogens (tertiary/aromatic N) is 3. The minimum Gasteiger partial charge on any atom is -0.349 e. The Bertz CT molecular complexity index is 1050. The van der Waals surface area contributed by atoms with E-state index in [1.807, 2.05) is 12.1 Å². The molecular weight excluding hydrogens is 398 g/mol. The standard InChI is InChI=1S/C26H31N5O/c1-25(2)12-8-18(9-13-25)21-14-19(26(17-28)10-4-3-5-11-26)6-7-22(21)31-24(32)23-29-16-20(15-27)30-23/h6-8,14,20H,3-5,9-13,16H2,1-2H3,(H,29,30)(H,31,32). The highest BCUT2D eigenvalue weighted by atomic mass is 16.2. The summed E-state index contributed by atoms with van der Waals surface area (Å²) in [5, 5.41) is 25.0. The molecule has 1 unspecified atom stereocenters. The van der Waals surface area contributed by atoms with E-state index in [0.29, 0.717) is 0 Å². The van der Waals surface area contributed by atoms with Crippen LogP contribution in [0.1, 0.15) is 76.3 Å². The van der Waals surface area contributed by atoms with E-state index in [1.54, 1.807) is 0 Å². The fraction of sp³-hybridized carbons (Fsp3) is 0.538. The van der Waals surface area contributed by atoms with Crippen LogP contribution in [0.5, 0.6) is 0 Å². The van der Waals surface area contributed by atoms with E-state index >= 15 is 0 Å². The molecule has 2 N–H and O–H groups in total. The second kappa shape index (κ2) is 8.79. The van der Waals surface area contributed by atoms with E-state index in [9.17, 15) is 10.1 Å². The van der Waals surface area contributed by atoms with Gasteiger partial charge in [0.05, 0.1) is 24.1 Å². The third-order valence-electron chi connectivity index (χ3n) is 7.17. The van der Waals surface area contributed by atoms with Crippen molar-refractivity contribution in [1.82, 2.24) is 5.32 Å². The summed E-state index contributed by atoms with van der Waals surface area (Å²) in [6, 6.07) is 10.3. The van der Waals surface area contributed by atoms with Gasteiger partial charge >= 0.3 is 0 Å². The molecule has 0 radical (unpaired) electrons. The summed E-state index contributed by atoms with van der Waals surface area (Å²) in [7, 11) is 0. The number of anilines is 1. The van der Waals surface area contributed by atoms with Crippen molar-refractivity contribution in [3.63, 3.8) is 0 Å². The molecule has 1 amide bonds. The lowest BCUT2D eigenvalue weighted by Crippen LogP contribution is -2.37. The summed E-state index contributed by atoms with van der Waals surface area (Å²) >= 11 is 0. The molecule has 1 heterocycles. The number of hydrogen-bond acceptors (Lipinski definition) is 5. The van der Waals surface area contributed by atoms with E-state index in [-0.39, 0.29) is 23.7 Å². The molecule has 0 saturated heterocycles. The number of allylic oxidation sites excluding steroid dienone is 2. The molecule has 1 aromatic rings. The smallest absolute Gasteiger partial charge is 0.290 e. The van der Waals surface area contributed by atoms with Gasteiger partial charge in [0.2, 0.25) is 0 Å². The number of amides is 1. The molecule has 6 nitrogen and oxygen atoms in total. The van der Waals surface area contributed by atoms with Crippen LogP contribution in [-0.2, 0) is 10.2 Å². The third kappa shape index (κ3) is 4.41. The summed E-state index contributed by atoms with van der Waals surface area (Å²) in [5.41, 5.74) is 3.85. The summed E-state index contributed by atoms with van der Waals surface area (Å²) < 4.78 is 0. The maximum absolute atomic E-state index is 12.8. The van der Waals surface area contributed by atoms with Crippen molar-refractivity contribution in [3.05, 3.63) is 35.4 Å². The molecule has 0 spiro atoms. The highest BCUT2D eigenvalue weighted by Crippen LogP contribution is 2.44. The molecule has 1 aliphatic heterocycles. The monoisotopic (exact) mass is 429 g/mol. The third-order valence-corrected chi connectivity index (χ3v) is 7.17. The topological polar surface area (TPSA) is 101 Å². The number of nitriles is 2. The van der Waals surface area contributed by atoms with E-state index in [4.69, 9.17) is 5.26 Å². The summed E-state index contributed by atoms with van der Waals surface area (Å²) in [6.07, 6.45) is 10.4. The van der Waals surface area contributed by atoms with Crippen molar-refractivity contribution in [3.8, 4) is 12.1 Å². The van der Waals surface area contributed by atoms with E-state index in [1.165, 1.54) is 12.0 Å². The van der Waals surface area contributed by atoms with E-state index < -0.39 is 11.5 Å². The Labute approximate surface area is 190 Å². The largest absolute Gasteiger partial charge is 0.349 e. The molecule has 0 aromatic heterocycles.